The third kappa shape index (κ3) is 5.64. The third-order valence-electron chi connectivity index (χ3n) is 1.97. The van der Waals surface area contributed by atoms with E-state index in [1.54, 1.807) is 4.90 Å². The average molecular weight is 187 g/mol. The first-order valence-electron chi connectivity index (χ1n) is 5.14. The molecule has 1 N–H and O–H groups in total. The molecular formula is C10H21NO2. The number of aliphatic hydroxyl groups is 1. The number of carbonyl (C=O) groups is 1. The molecule has 0 spiro atoms. The summed E-state index contributed by atoms with van der Waals surface area (Å²) >= 11 is 0. The van der Waals surface area contributed by atoms with E-state index in [-0.39, 0.29) is 12.5 Å². The molecule has 3 nitrogen and oxygen atoms in total. The minimum Gasteiger partial charge on any atom is -0.395 e. The fraction of sp³-hybridized carbons (Fsp3) is 0.900. The van der Waals surface area contributed by atoms with Crippen molar-refractivity contribution >= 4 is 5.91 Å². The number of nitrogens with zero attached hydrogens (tertiary/aromatic N) is 1. The molecule has 0 unspecified atom stereocenters. The summed E-state index contributed by atoms with van der Waals surface area (Å²) in [6.45, 7) is 5.43. The highest BCUT2D eigenvalue weighted by Gasteiger charge is 2.10. The zero-order valence-corrected chi connectivity index (χ0v) is 8.75. The smallest absolute Gasteiger partial charge is 0.222 e. The van der Waals surface area contributed by atoms with Gasteiger partial charge in [-0.15, -0.1) is 0 Å². The van der Waals surface area contributed by atoms with E-state index in [2.05, 4.69) is 6.92 Å². The Morgan fingerprint density at radius 2 is 1.92 bits per heavy atom. The van der Waals surface area contributed by atoms with Crippen LogP contribution in [0.25, 0.3) is 0 Å². The lowest BCUT2D eigenvalue weighted by Crippen LogP contribution is -2.34. The van der Waals surface area contributed by atoms with E-state index in [1.165, 1.54) is 0 Å². The summed E-state index contributed by atoms with van der Waals surface area (Å²) < 4.78 is 0. The number of hydrogen-bond acceptors (Lipinski definition) is 2. The minimum atomic E-state index is 0.0686. The van der Waals surface area contributed by atoms with E-state index in [0.717, 1.165) is 25.8 Å². The first-order valence-corrected chi connectivity index (χ1v) is 5.14. The van der Waals surface area contributed by atoms with Crippen LogP contribution in [-0.2, 0) is 4.79 Å². The molecule has 0 aromatic rings. The number of rotatable bonds is 7. The first kappa shape index (κ1) is 12.4. The molecule has 0 saturated carbocycles. The molecule has 13 heavy (non-hydrogen) atoms. The van der Waals surface area contributed by atoms with E-state index < -0.39 is 0 Å². The molecule has 0 heterocycles. The van der Waals surface area contributed by atoms with Gasteiger partial charge in [0.1, 0.15) is 0 Å². The average Bonchev–Trinajstić information content (AvgIpc) is 2.12. The van der Waals surface area contributed by atoms with Gasteiger partial charge in [0, 0.05) is 19.5 Å². The SMILES string of the molecule is CCCCN(CCO)C(=O)CCC. The summed E-state index contributed by atoms with van der Waals surface area (Å²) in [6.07, 6.45) is 3.59. The van der Waals surface area contributed by atoms with Crippen LogP contribution < -0.4 is 0 Å². The molecule has 0 saturated heterocycles. The van der Waals surface area contributed by atoms with Gasteiger partial charge in [-0.1, -0.05) is 20.3 Å². The fourth-order valence-electron chi connectivity index (χ4n) is 1.20. The Morgan fingerprint density at radius 3 is 2.38 bits per heavy atom. The van der Waals surface area contributed by atoms with Crippen LogP contribution in [0, 0.1) is 0 Å². The largest absolute Gasteiger partial charge is 0.395 e. The van der Waals surface area contributed by atoms with Gasteiger partial charge in [0.2, 0.25) is 5.91 Å². The number of unbranched alkanes of at least 4 members (excludes halogenated alkanes) is 1. The summed E-state index contributed by atoms with van der Waals surface area (Å²) in [4.78, 5) is 13.2. The predicted octanol–water partition coefficient (Wildman–Crippen LogP) is 1.41. The monoisotopic (exact) mass is 187 g/mol. The van der Waals surface area contributed by atoms with Crippen molar-refractivity contribution in [1.29, 1.82) is 0 Å². The summed E-state index contributed by atoms with van der Waals surface area (Å²) in [7, 11) is 0. The predicted molar refractivity (Wildman–Crippen MR) is 53.5 cm³/mol. The molecule has 0 aromatic carbocycles. The molecule has 0 aliphatic rings. The van der Waals surface area contributed by atoms with Crippen molar-refractivity contribution in [3.8, 4) is 0 Å². The van der Waals surface area contributed by atoms with Gasteiger partial charge < -0.3 is 10.0 Å². The minimum absolute atomic E-state index is 0.0686. The summed E-state index contributed by atoms with van der Waals surface area (Å²) in [5.41, 5.74) is 0. The number of aliphatic hydroxyl groups excluding tert-OH is 1. The van der Waals surface area contributed by atoms with Crippen LogP contribution >= 0.6 is 0 Å². The topological polar surface area (TPSA) is 40.5 Å². The van der Waals surface area contributed by atoms with Crippen LogP contribution in [0.3, 0.4) is 0 Å². The number of carbonyl (C=O) groups excluding carboxylic acids is 1. The van der Waals surface area contributed by atoms with Crippen LogP contribution in [0.1, 0.15) is 39.5 Å². The lowest BCUT2D eigenvalue weighted by molar-refractivity contribution is -0.131. The van der Waals surface area contributed by atoms with Gasteiger partial charge >= 0.3 is 0 Å². The molecule has 3 heteroatoms. The highest BCUT2D eigenvalue weighted by Crippen LogP contribution is 2.00. The quantitative estimate of drug-likeness (QED) is 0.654. The molecule has 0 radical (unpaired) electrons. The summed E-state index contributed by atoms with van der Waals surface area (Å²) in [5.74, 6) is 0.171. The highest BCUT2D eigenvalue weighted by molar-refractivity contribution is 5.76. The molecule has 0 bridgehead atoms. The molecule has 0 fully saturated rings. The maximum Gasteiger partial charge on any atom is 0.222 e. The molecule has 0 rings (SSSR count). The third-order valence-corrected chi connectivity index (χ3v) is 1.97. The van der Waals surface area contributed by atoms with Crippen LogP contribution in [0.4, 0.5) is 0 Å². The summed E-state index contributed by atoms with van der Waals surface area (Å²) in [5, 5.41) is 8.76. The van der Waals surface area contributed by atoms with Crippen LogP contribution in [0.15, 0.2) is 0 Å². The van der Waals surface area contributed by atoms with Gasteiger partial charge in [-0.05, 0) is 12.8 Å². The second-order valence-electron chi connectivity index (χ2n) is 3.21. The van der Waals surface area contributed by atoms with Gasteiger partial charge in [-0.3, -0.25) is 4.79 Å². The second-order valence-corrected chi connectivity index (χ2v) is 3.21. The zero-order valence-electron chi connectivity index (χ0n) is 8.75. The Morgan fingerprint density at radius 1 is 1.23 bits per heavy atom. The Bertz CT molecular complexity index is 137. The molecule has 0 atom stereocenters. The second kappa shape index (κ2) is 8.05. The van der Waals surface area contributed by atoms with Crippen molar-refractivity contribution in [1.82, 2.24) is 4.90 Å². The van der Waals surface area contributed by atoms with Gasteiger partial charge in [-0.25, -0.2) is 0 Å². The van der Waals surface area contributed by atoms with Crippen molar-refractivity contribution in [3.63, 3.8) is 0 Å². The zero-order chi connectivity index (χ0) is 10.1. The van der Waals surface area contributed by atoms with E-state index in [0.29, 0.717) is 13.0 Å². The van der Waals surface area contributed by atoms with Crippen molar-refractivity contribution < 1.29 is 9.90 Å². The lowest BCUT2D eigenvalue weighted by Gasteiger charge is -2.21. The first-order chi connectivity index (χ1) is 6.26. The maximum absolute atomic E-state index is 11.5. The van der Waals surface area contributed by atoms with E-state index in [4.69, 9.17) is 5.11 Å². The van der Waals surface area contributed by atoms with E-state index in [1.807, 2.05) is 6.92 Å². The number of hydrogen-bond donors (Lipinski definition) is 1. The van der Waals surface area contributed by atoms with Gasteiger partial charge in [0.05, 0.1) is 6.61 Å². The van der Waals surface area contributed by atoms with Crippen LogP contribution in [-0.4, -0.2) is 35.6 Å². The Labute approximate surface area is 80.7 Å². The normalized spacial score (nSPS) is 10.1. The maximum atomic E-state index is 11.5. The van der Waals surface area contributed by atoms with Crippen molar-refractivity contribution in [2.24, 2.45) is 0 Å². The molecule has 78 valence electrons. The van der Waals surface area contributed by atoms with Crippen molar-refractivity contribution in [2.75, 3.05) is 19.7 Å². The Hall–Kier alpha value is -0.570. The van der Waals surface area contributed by atoms with Crippen molar-refractivity contribution in [2.45, 2.75) is 39.5 Å². The van der Waals surface area contributed by atoms with Gasteiger partial charge in [0.25, 0.3) is 0 Å². The number of amides is 1. The molecule has 0 aliphatic heterocycles. The Kier molecular flexibility index (Phi) is 7.69. The molecule has 0 aliphatic carbocycles. The fourth-order valence-corrected chi connectivity index (χ4v) is 1.20. The van der Waals surface area contributed by atoms with Crippen LogP contribution in [0.2, 0.25) is 0 Å². The van der Waals surface area contributed by atoms with Gasteiger partial charge in [0.15, 0.2) is 0 Å². The standard InChI is InChI=1S/C10H21NO2/c1-3-5-7-11(8-9-12)10(13)6-4-2/h12H,3-9H2,1-2H3. The van der Waals surface area contributed by atoms with Crippen molar-refractivity contribution in [3.05, 3.63) is 0 Å². The highest BCUT2D eigenvalue weighted by atomic mass is 16.3. The van der Waals surface area contributed by atoms with E-state index >= 15 is 0 Å². The van der Waals surface area contributed by atoms with E-state index in [9.17, 15) is 4.79 Å². The lowest BCUT2D eigenvalue weighted by atomic mass is 10.2. The molecular weight excluding hydrogens is 166 g/mol. The Balaban J connectivity index is 3.83. The van der Waals surface area contributed by atoms with Crippen LogP contribution in [0.5, 0.6) is 0 Å². The van der Waals surface area contributed by atoms with Gasteiger partial charge in [-0.2, -0.15) is 0 Å². The molecule has 1 amide bonds. The summed E-state index contributed by atoms with van der Waals surface area (Å²) in [6, 6.07) is 0. The molecule has 0 aromatic heterocycles.